The summed E-state index contributed by atoms with van der Waals surface area (Å²) in [5.74, 6) is 0.511. The SMILES string of the molecule is Nc1nccc(-c2ccc(O)c(I)c2)n1. The highest BCUT2D eigenvalue weighted by Crippen LogP contribution is 2.25. The van der Waals surface area contributed by atoms with Gasteiger partial charge in [-0.1, -0.05) is 0 Å². The van der Waals surface area contributed by atoms with Crippen molar-refractivity contribution in [2.75, 3.05) is 5.73 Å². The molecule has 0 unspecified atom stereocenters. The zero-order chi connectivity index (χ0) is 10.8. The second-order valence-electron chi connectivity index (χ2n) is 2.97. The molecular formula is C10H8IN3O. The van der Waals surface area contributed by atoms with Gasteiger partial charge in [0, 0.05) is 11.8 Å². The topological polar surface area (TPSA) is 72.0 Å². The Morgan fingerprint density at radius 1 is 1.27 bits per heavy atom. The van der Waals surface area contributed by atoms with E-state index in [1.807, 2.05) is 6.07 Å². The van der Waals surface area contributed by atoms with Crippen molar-refractivity contribution in [2.45, 2.75) is 0 Å². The van der Waals surface area contributed by atoms with Crippen molar-refractivity contribution in [1.82, 2.24) is 9.97 Å². The number of nitrogen functional groups attached to an aromatic ring is 1. The fourth-order valence-electron chi connectivity index (χ4n) is 1.20. The summed E-state index contributed by atoms with van der Waals surface area (Å²) < 4.78 is 0.780. The average molecular weight is 313 g/mol. The summed E-state index contributed by atoms with van der Waals surface area (Å²) in [6.45, 7) is 0. The lowest BCUT2D eigenvalue weighted by Gasteiger charge is -2.03. The van der Waals surface area contributed by atoms with Crippen LogP contribution in [0.25, 0.3) is 11.3 Å². The normalized spacial score (nSPS) is 10.2. The summed E-state index contributed by atoms with van der Waals surface area (Å²) in [7, 11) is 0. The van der Waals surface area contributed by atoms with Gasteiger partial charge in [0.15, 0.2) is 0 Å². The zero-order valence-electron chi connectivity index (χ0n) is 7.68. The molecule has 2 aromatic rings. The third-order valence-corrected chi connectivity index (χ3v) is 2.78. The molecule has 76 valence electrons. The maximum atomic E-state index is 9.38. The van der Waals surface area contributed by atoms with E-state index in [2.05, 4.69) is 32.6 Å². The Morgan fingerprint density at radius 2 is 2.07 bits per heavy atom. The first-order valence-corrected chi connectivity index (χ1v) is 5.32. The maximum Gasteiger partial charge on any atom is 0.220 e. The van der Waals surface area contributed by atoms with Gasteiger partial charge in [-0.2, -0.15) is 0 Å². The van der Waals surface area contributed by atoms with E-state index < -0.39 is 0 Å². The molecule has 0 spiro atoms. The van der Waals surface area contributed by atoms with E-state index in [4.69, 9.17) is 5.73 Å². The largest absolute Gasteiger partial charge is 0.507 e. The molecule has 1 aromatic heterocycles. The molecule has 0 fully saturated rings. The molecule has 0 aliphatic carbocycles. The van der Waals surface area contributed by atoms with E-state index in [1.54, 1.807) is 24.4 Å². The average Bonchev–Trinajstić information content (AvgIpc) is 2.22. The van der Waals surface area contributed by atoms with Gasteiger partial charge in [0.1, 0.15) is 5.75 Å². The molecule has 0 bridgehead atoms. The summed E-state index contributed by atoms with van der Waals surface area (Å²) in [6.07, 6.45) is 1.61. The summed E-state index contributed by atoms with van der Waals surface area (Å²) in [4.78, 5) is 7.92. The van der Waals surface area contributed by atoms with Crippen LogP contribution >= 0.6 is 22.6 Å². The molecule has 4 nitrogen and oxygen atoms in total. The van der Waals surface area contributed by atoms with Crippen LogP contribution < -0.4 is 5.73 Å². The van der Waals surface area contributed by atoms with E-state index in [1.165, 1.54) is 0 Å². The number of hydrogen-bond donors (Lipinski definition) is 2. The molecule has 15 heavy (non-hydrogen) atoms. The number of aromatic nitrogens is 2. The highest BCUT2D eigenvalue weighted by molar-refractivity contribution is 14.1. The predicted octanol–water partition coefficient (Wildman–Crippen LogP) is 2.04. The second-order valence-corrected chi connectivity index (χ2v) is 4.13. The molecule has 0 atom stereocenters. The molecule has 3 N–H and O–H groups in total. The molecule has 0 amide bonds. The summed E-state index contributed by atoms with van der Waals surface area (Å²) in [6, 6.07) is 7.05. The van der Waals surface area contributed by atoms with E-state index in [0.29, 0.717) is 0 Å². The predicted molar refractivity (Wildman–Crippen MR) is 66.3 cm³/mol. The number of phenolic OH excluding ortho intramolecular Hbond substituents is 1. The lowest BCUT2D eigenvalue weighted by molar-refractivity contribution is 0.471. The van der Waals surface area contributed by atoms with Crippen LogP contribution in [0.3, 0.4) is 0 Å². The number of anilines is 1. The highest BCUT2D eigenvalue weighted by atomic mass is 127. The lowest BCUT2D eigenvalue weighted by atomic mass is 10.1. The fourth-order valence-corrected chi connectivity index (χ4v) is 1.72. The van der Waals surface area contributed by atoms with Crippen LogP contribution in [0, 0.1) is 3.57 Å². The van der Waals surface area contributed by atoms with Crippen LogP contribution in [0.5, 0.6) is 5.75 Å². The maximum absolute atomic E-state index is 9.38. The van der Waals surface area contributed by atoms with Crippen molar-refractivity contribution in [3.05, 3.63) is 34.0 Å². The number of halogens is 1. The number of aromatic hydroxyl groups is 1. The van der Waals surface area contributed by atoms with E-state index in [9.17, 15) is 5.11 Å². The highest BCUT2D eigenvalue weighted by Gasteiger charge is 2.03. The molecule has 0 saturated carbocycles. The number of nitrogens with zero attached hydrogens (tertiary/aromatic N) is 2. The molecule has 0 radical (unpaired) electrons. The van der Waals surface area contributed by atoms with Crippen LogP contribution in [-0.2, 0) is 0 Å². The minimum atomic E-state index is 0.246. The van der Waals surface area contributed by atoms with Crippen molar-refractivity contribution in [3.8, 4) is 17.0 Å². The van der Waals surface area contributed by atoms with Gasteiger partial charge in [-0.25, -0.2) is 9.97 Å². The van der Waals surface area contributed by atoms with Crippen molar-refractivity contribution in [2.24, 2.45) is 0 Å². The Labute approximate surface area is 100 Å². The second kappa shape index (κ2) is 4.01. The molecule has 1 aromatic carbocycles. The van der Waals surface area contributed by atoms with Gasteiger partial charge < -0.3 is 10.8 Å². The van der Waals surface area contributed by atoms with Crippen molar-refractivity contribution in [1.29, 1.82) is 0 Å². The third kappa shape index (κ3) is 2.17. The van der Waals surface area contributed by atoms with Gasteiger partial charge in [0.05, 0.1) is 9.26 Å². The Balaban J connectivity index is 2.50. The van der Waals surface area contributed by atoms with Gasteiger partial charge in [-0.3, -0.25) is 0 Å². The van der Waals surface area contributed by atoms with Gasteiger partial charge in [0.2, 0.25) is 5.95 Å². The van der Waals surface area contributed by atoms with Gasteiger partial charge in [-0.05, 0) is 46.9 Å². The van der Waals surface area contributed by atoms with E-state index in [-0.39, 0.29) is 11.7 Å². The van der Waals surface area contributed by atoms with Crippen molar-refractivity contribution >= 4 is 28.5 Å². The van der Waals surface area contributed by atoms with E-state index in [0.717, 1.165) is 14.8 Å². The number of rotatable bonds is 1. The number of nitrogens with two attached hydrogens (primary N) is 1. The van der Waals surface area contributed by atoms with Crippen LogP contribution in [0.2, 0.25) is 0 Å². The van der Waals surface area contributed by atoms with Crippen LogP contribution in [0.1, 0.15) is 0 Å². The summed E-state index contributed by atoms with van der Waals surface area (Å²) in [5, 5.41) is 9.38. The van der Waals surface area contributed by atoms with Gasteiger partial charge >= 0.3 is 0 Å². The summed E-state index contributed by atoms with van der Waals surface area (Å²) in [5.41, 5.74) is 7.15. The Kier molecular flexibility index (Phi) is 2.72. The van der Waals surface area contributed by atoms with E-state index >= 15 is 0 Å². The lowest BCUT2D eigenvalue weighted by Crippen LogP contribution is -1.95. The van der Waals surface area contributed by atoms with Crippen LogP contribution in [-0.4, -0.2) is 15.1 Å². The van der Waals surface area contributed by atoms with Crippen molar-refractivity contribution < 1.29 is 5.11 Å². The van der Waals surface area contributed by atoms with Gasteiger partial charge in [0.25, 0.3) is 0 Å². The molecule has 0 saturated heterocycles. The Hall–Kier alpha value is -1.37. The zero-order valence-corrected chi connectivity index (χ0v) is 9.84. The Morgan fingerprint density at radius 3 is 2.73 bits per heavy atom. The van der Waals surface area contributed by atoms with Crippen LogP contribution in [0.15, 0.2) is 30.5 Å². The monoisotopic (exact) mass is 313 g/mol. The number of hydrogen-bond acceptors (Lipinski definition) is 4. The molecule has 0 aliphatic heterocycles. The molecular weight excluding hydrogens is 305 g/mol. The smallest absolute Gasteiger partial charge is 0.220 e. The Bertz CT molecular complexity index is 502. The first kappa shape index (κ1) is 10.2. The molecule has 0 aliphatic rings. The quantitative estimate of drug-likeness (QED) is 0.790. The van der Waals surface area contributed by atoms with Crippen molar-refractivity contribution in [3.63, 3.8) is 0 Å². The summed E-state index contributed by atoms with van der Waals surface area (Å²) >= 11 is 2.06. The fraction of sp³-hybridized carbons (Fsp3) is 0. The third-order valence-electron chi connectivity index (χ3n) is 1.92. The minimum Gasteiger partial charge on any atom is -0.507 e. The molecule has 5 heteroatoms. The minimum absolute atomic E-state index is 0.246. The van der Waals surface area contributed by atoms with Crippen LogP contribution in [0.4, 0.5) is 5.95 Å². The number of phenols is 1. The first-order valence-electron chi connectivity index (χ1n) is 4.24. The molecule has 2 rings (SSSR count). The van der Waals surface area contributed by atoms with Gasteiger partial charge in [-0.15, -0.1) is 0 Å². The standard InChI is InChI=1S/C10H8IN3O/c11-7-5-6(1-2-9(7)15)8-3-4-13-10(12)14-8/h1-5,15H,(H2,12,13,14). The first-order chi connectivity index (χ1) is 7.16. The number of benzene rings is 1. The molecule has 1 heterocycles.